The van der Waals surface area contributed by atoms with E-state index in [1.54, 1.807) is 0 Å². The van der Waals surface area contributed by atoms with Gasteiger partial charge in [-0.15, -0.1) is 0 Å². The number of hydrogen-bond acceptors (Lipinski definition) is 5. The van der Waals surface area contributed by atoms with Crippen molar-refractivity contribution in [3.63, 3.8) is 0 Å². The lowest BCUT2D eigenvalue weighted by Crippen LogP contribution is -2.22. The number of nitrogens with one attached hydrogen (secondary N) is 1. The predicted molar refractivity (Wildman–Crippen MR) is 99.1 cm³/mol. The van der Waals surface area contributed by atoms with E-state index in [4.69, 9.17) is 27.9 Å². The predicted octanol–water partition coefficient (Wildman–Crippen LogP) is 3.48. The zero-order chi connectivity index (χ0) is 20.0. The number of hydrogen-bond donors (Lipinski definition) is 1. The van der Waals surface area contributed by atoms with Crippen LogP contribution in [0.5, 0.6) is 0 Å². The smallest absolute Gasteiger partial charge is 0.307 e. The Hall–Kier alpha value is -2.16. The number of halogens is 3. The molecule has 0 aliphatic carbocycles. The quantitative estimate of drug-likeness (QED) is 0.675. The first-order valence-electron chi connectivity index (χ1n) is 7.56. The second-order valence-electron chi connectivity index (χ2n) is 5.36. The second-order valence-corrected chi connectivity index (χ2v) is 8.28. The molecule has 10 heteroatoms. The van der Waals surface area contributed by atoms with Crippen molar-refractivity contribution in [1.82, 2.24) is 0 Å². The van der Waals surface area contributed by atoms with Crippen LogP contribution in [0, 0.1) is 5.82 Å². The van der Waals surface area contributed by atoms with Crippen molar-refractivity contribution < 1.29 is 27.1 Å². The Labute approximate surface area is 165 Å². The molecule has 0 aliphatic rings. The maximum absolute atomic E-state index is 12.8. The van der Waals surface area contributed by atoms with Gasteiger partial charge in [-0.05, 0) is 42.5 Å². The van der Waals surface area contributed by atoms with Crippen LogP contribution in [0.4, 0.5) is 10.1 Å². The summed E-state index contributed by atoms with van der Waals surface area (Å²) in [5.41, 5.74) is 0.329. The van der Waals surface area contributed by atoms with Gasteiger partial charge in [-0.25, -0.2) is 12.8 Å². The van der Waals surface area contributed by atoms with Gasteiger partial charge in [-0.3, -0.25) is 9.59 Å². The van der Waals surface area contributed by atoms with Crippen LogP contribution in [0.3, 0.4) is 0 Å². The Bertz CT molecular complexity index is 948. The molecule has 0 fully saturated rings. The molecule has 0 radical (unpaired) electrons. The number of rotatable bonds is 7. The van der Waals surface area contributed by atoms with E-state index < -0.39 is 46.3 Å². The second kappa shape index (κ2) is 9.16. The van der Waals surface area contributed by atoms with Crippen molar-refractivity contribution in [1.29, 1.82) is 0 Å². The van der Waals surface area contributed by atoms with Gasteiger partial charge in [0.25, 0.3) is 5.91 Å². The average molecular weight is 434 g/mol. The van der Waals surface area contributed by atoms with Gasteiger partial charge < -0.3 is 10.1 Å². The van der Waals surface area contributed by atoms with Crippen LogP contribution in [0.2, 0.25) is 10.0 Å². The third-order valence-electron chi connectivity index (χ3n) is 3.30. The summed E-state index contributed by atoms with van der Waals surface area (Å²) < 4.78 is 42.0. The monoisotopic (exact) mass is 433 g/mol. The molecular weight excluding hydrogens is 420 g/mol. The summed E-state index contributed by atoms with van der Waals surface area (Å²) in [5.74, 6) is -2.52. The fourth-order valence-electron chi connectivity index (χ4n) is 1.99. The van der Waals surface area contributed by atoms with E-state index >= 15 is 0 Å². The third kappa shape index (κ3) is 6.50. The van der Waals surface area contributed by atoms with Gasteiger partial charge >= 0.3 is 5.97 Å². The molecule has 0 saturated heterocycles. The van der Waals surface area contributed by atoms with Gasteiger partial charge in [-0.2, -0.15) is 0 Å². The number of benzene rings is 2. The average Bonchev–Trinajstić information content (AvgIpc) is 2.62. The summed E-state index contributed by atoms with van der Waals surface area (Å²) in [6.45, 7) is -0.603. The van der Waals surface area contributed by atoms with Crippen LogP contribution in [-0.2, 0) is 24.2 Å². The minimum absolute atomic E-state index is 0.00792. The van der Waals surface area contributed by atoms with Crippen molar-refractivity contribution in [3.8, 4) is 0 Å². The molecule has 0 heterocycles. The van der Waals surface area contributed by atoms with Gasteiger partial charge in [0.2, 0.25) is 0 Å². The summed E-state index contributed by atoms with van der Waals surface area (Å²) in [4.78, 5) is 23.2. The number of anilines is 1. The standard InChI is InChI=1S/C17H14Cl2FNO5S/c18-11-1-6-14(19)15(9-11)27(24,25)8-7-17(23)26-10-16(22)21-13-4-2-12(20)3-5-13/h1-6,9H,7-8,10H2,(H,21,22). The molecular formula is C17H14Cl2FNO5S. The molecule has 2 aromatic rings. The molecule has 0 bridgehead atoms. The Kier molecular flexibility index (Phi) is 7.18. The molecule has 2 aromatic carbocycles. The summed E-state index contributed by atoms with van der Waals surface area (Å²) in [6, 6.07) is 8.99. The normalized spacial score (nSPS) is 11.1. The van der Waals surface area contributed by atoms with Gasteiger partial charge in [0.1, 0.15) is 5.82 Å². The number of esters is 1. The molecule has 6 nitrogen and oxygen atoms in total. The molecule has 0 atom stereocenters. The Balaban J connectivity index is 1.84. The lowest BCUT2D eigenvalue weighted by atomic mass is 10.3. The third-order valence-corrected chi connectivity index (χ3v) is 5.72. The number of ether oxygens (including phenoxy) is 1. The highest BCUT2D eigenvalue weighted by atomic mass is 35.5. The summed E-state index contributed by atoms with van der Waals surface area (Å²) in [7, 11) is -3.85. The molecule has 0 unspecified atom stereocenters. The number of carbonyl (C=O) groups excluding carboxylic acids is 2. The lowest BCUT2D eigenvalue weighted by molar-refractivity contribution is -0.146. The van der Waals surface area contributed by atoms with Crippen molar-refractivity contribution in [3.05, 3.63) is 58.3 Å². The zero-order valence-corrected chi connectivity index (χ0v) is 16.1. The maximum atomic E-state index is 12.8. The van der Waals surface area contributed by atoms with Gasteiger partial charge in [0.05, 0.1) is 22.1 Å². The van der Waals surface area contributed by atoms with Gasteiger partial charge in [-0.1, -0.05) is 23.2 Å². The highest BCUT2D eigenvalue weighted by Crippen LogP contribution is 2.26. The van der Waals surface area contributed by atoms with Crippen molar-refractivity contribution >= 4 is 50.6 Å². The molecule has 0 aromatic heterocycles. The van der Waals surface area contributed by atoms with Crippen LogP contribution in [0.1, 0.15) is 6.42 Å². The van der Waals surface area contributed by atoms with E-state index in [0.717, 1.165) is 12.1 Å². The van der Waals surface area contributed by atoms with Crippen molar-refractivity contribution in [2.75, 3.05) is 17.7 Å². The fraction of sp³-hybridized carbons (Fsp3) is 0.176. The van der Waals surface area contributed by atoms with Gasteiger partial charge in [0.15, 0.2) is 16.4 Å². The summed E-state index contributed by atoms with van der Waals surface area (Å²) in [5, 5.41) is 2.59. The molecule has 27 heavy (non-hydrogen) atoms. The number of sulfone groups is 1. The Morgan fingerprint density at radius 1 is 1.07 bits per heavy atom. The lowest BCUT2D eigenvalue weighted by Gasteiger charge is -2.08. The maximum Gasteiger partial charge on any atom is 0.307 e. The van der Waals surface area contributed by atoms with Crippen LogP contribution >= 0.6 is 23.2 Å². The first-order chi connectivity index (χ1) is 12.7. The number of amides is 1. The summed E-state index contributed by atoms with van der Waals surface area (Å²) >= 11 is 11.6. The molecule has 2 rings (SSSR count). The minimum Gasteiger partial charge on any atom is -0.456 e. The topological polar surface area (TPSA) is 89.5 Å². The zero-order valence-electron chi connectivity index (χ0n) is 13.7. The number of carbonyl (C=O) groups is 2. The van der Waals surface area contributed by atoms with Crippen LogP contribution in [0.25, 0.3) is 0 Å². The SMILES string of the molecule is O=C(COC(=O)CCS(=O)(=O)c1cc(Cl)ccc1Cl)Nc1ccc(F)cc1. The molecule has 0 saturated carbocycles. The molecule has 0 spiro atoms. The highest BCUT2D eigenvalue weighted by molar-refractivity contribution is 7.91. The van der Waals surface area contributed by atoms with Crippen LogP contribution < -0.4 is 5.32 Å². The van der Waals surface area contributed by atoms with E-state index in [1.165, 1.54) is 30.3 Å². The fourth-order valence-corrected chi connectivity index (χ4v) is 4.03. The molecule has 144 valence electrons. The van der Waals surface area contributed by atoms with E-state index in [9.17, 15) is 22.4 Å². The minimum atomic E-state index is -3.85. The van der Waals surface area contributed by atoms with E-state index in [1.807, 2.05) is 0 Å². The first-order valence-corrected chi connectivity index (χ1v) is 9.97. The highest BCUT2D eigenvalue weighted by Gasteiger charge is 2.21. The van der Waals surface area contributed by atoms with Crippen LogP contribution in [0.15, 0.2) is 47.4 Å². The molecule has 0 aliphatic heterocycles. The Morgan fingerprint density at radius 3 is 2.41 bits per heavy atom. The van der Waals surface area contributed by atoms with E-state index in [0.29, 0.717) is 5.69 Å². The Morgan fingerprint density at radius 2 is 1.74 bits per heavy atom. The van der Waals surface area contributed by atoms with Crippen molar-refractivity contribution in [2.45, 2.75) is 11.3 Å². The van der Waals surface area contributed by atoms with Gasteiger partial charge in [0, 0.05) is 10.7 Å². The van der Waals surface area contributed by atoms with E-state index in [2.05, 4.69) is 5.32 Å². The summed E-state index contributed by atoms with van der Waals surface area (Å²) in [6.07, 6.45) is -0.463. The first kappa shape index (κ1) is 21.1. The largest absolute Gasteiger partial charge is 0.456 e. The van der Waals surface area contributed by atoms with Crippen LogP contribution in [-0.4, -0.2) is 32.7 Å². The van der Waals surface area contributed by atoms with Crippen molar-refractivity contribution in [2.24, 2.45) is 0 Å². The molecule has 1 N–H and O–H groups in total. The van der Waals surface area contributed by atoms with E-state index in [-0.39, 0.29) is 14.9 Å². The molecule has 1 amide bonds.